The monoisotopic (exact) mass is 98.1 g/mol. The van der Waals surface area contributed by atoms with Gasteiger partial charge in [-0.25, -0.2) is 0 Å². The number of fused-ring (bicyclic) bond motifs is 2. The van der Waals surface area contributed by atoms with Gasteiger partial charge < -0.3 is 10.6 Å². The minimum atomic E-state index is 0.810. The maximum Gasteiger partial charge on any atom is 0.0208 e. The van der Waals surface area contributed by atoms with Gasteiger partial charge in [-0.15, -0.1) is 0 Å². The highest BCUT2D eigenvalue weighted by atomic mass is 15.1. The van der Waals surface area contributed by atoms with Crippen LogP contribution in [0.15, 0.2) is 0 Å². The zero-order chi connectivity index (χ0) is 4.69. The minimum absolute atomic E-state index is 0.810. The van der Waals surface area contributed by atoms with Crippen molar-refractivity contribution in [3.05, 3.63) is 0 Å². The Hall–Kier alpha value is -0.0800. The molecule has 2 saturated heterocycles. The van der Waals surface area contributed by atoms with Crippen molar-refractivity contribution in [1.29, 1.82) is 0 Å². The standard InChI is InChI=1S/C5H10N2/c1-4-2-6-5(1)3-7-4/h4-7H,1-3H2/t4-,5?/m0/s1. The first kappa shape index (κ1) is 3.87. The number of hydrogen-bond acceptors (Lipinski definition) is 2. The maximum absolute atomic E-state index is 3.39. The largest absolute Gasteiger partial charge is 0.311 e. The lowest BCUT2D eigenvalue weighted by molar-refractivity contribution is 0.528. The second-order valence-electron chi connectivity index (χ2n) is 2.45. The van der Waals surface area contributed by atoms with Gasteiger partial charge in [0.2, 0.25) is 0 Å². The van der Waals surface area contributed by atoms with Gasteiger partial charge in [0, 0.05) is 25.2 Å². The summed E-state index contributed by atoms with van der Waals surface area (Å²) in [5.41, 5.74) is 0. The van der Waals surface area contributed by atoms with Gasteiger partial charge in [-0.05, 0) is 6.42 Å². The van der Waals surface area contributed by atoms with Crippen LogP contribution in [0.25, 0.3) is 0 Å². The molecule has 0 radical (unpaired) electrons. The topological polar surface area (TPSA) is 24.1 Å². The van der Waals surface area contributed by atoms with Crippen molar-refractivity contribution in [2.45, 2.75) is 18.5 Å². The third-order valence-electron chi connectivity index (χ3n) is 1.87. The molecular weight excluding hydrogens is 88.1 g/mol. The van der Waals surface area contributed by atoms with Crippen LogP contribution in [0.2, 0.25) is 0 Å². The van der Waals surface area contributed by atoms with Crippen molar-refractivity contribution in [2.24, 2.45) is 0 Å². The fourth-order valence-electron chi connectivity index (χ4n) is 1.44. The van der Waals surface area contributed by atoms with E-state index >= 15 is 0 Å². The molecule has 2 atom stereocenters. The zero-order valence-corrected chi connectivity index (χ0v) is 4.28. The Balaban J connectivity index is 2.12. The third kappa shape index (κ3) is 0.469. The molecule has 2 heteroatoms. The summed E-state index contributed by atoms with van der Waals surface area (Å²) < 4.78 is 0. The van der Waals surface area contributed by atoms with E-state index in [1.165, 1.54) is 19.5 Å². The van der Waals surface area contributed by atoms with Gasteiger partial charge in [0.05, 0.1) is 0 Å². The van der Waals surface area contributed by atoms with Crippen LogP contribution in [0.5, 0.6) is 0 Å². The lowest BCUT2D eigenvalue weighted by atomic mass is 10.3. The van der Waals surface area contributed by atoms with Crippen molar-refractivity contribution in [1.82, 2.24) is 10.6 Å². The van der Waals surface area contributed by atoms with E-state index in [1.54, 1.807) is 0 Å². The molecular formula is C5H10N2. The average molecular weight is 98.1 g/mol. The van der Waals surface area contributed by atoms with Crippen molar-refractivity contribution in [3.8, 4) is 0 Å². The van der Waals surface area contributed by atoms with Gasteiger partial charge in [0.1, 0.15) is 0 Å². The molecule has 2 aliphatic heterocycles. The molecule has 2 heterocycles. The normalized spacial score (nSPS) is 48.0. The van der Waals surface area contributed by atoms with E-state index in [9.17, 15) is 0 Å². The van der Waals surface area contributed by atoms with Gasteiger partial charge in [-0.2, -0.15) is 0 Å². The molecule has 7 heavy (non-hydrogen) atoms. The highest BCUT2D eigenvalue weighted by molar-refractivity contribution is 4.94. The summed E-state index contributed by atoms with van der Waals surface area (Å²) in [6, 6.07) is 1.62. The smallest absolute Gasteiger partial charge is 0.0208 e. The van der Waals surface area contributed by atoms with Crippen LogP contribution in [-0.4, -0.2) is 25.2 Å². The van der Waals surface area contributed by atoms with Gasteiger partial charge in [0.15, 0.2) is 0 Å². The molecule has 40 valence electrons. The summed E-state index contributed by atoms with van der Waals surface area (Å²) in [5, 5.41) is 6.79. The van der Waals surface area contributed by atoms with E-state index in [-0.39, 0.29) is 0 Å². The van der Waals surface area contributed by atoms with E-state index in [0.29, 0.717) is 0 Å². The summed E-state index contributed by atoms with van der Waals surface area (Å²) in [7, 11) is 0. The average Bonchev–Trinajstić information content (AvgIpc) is 2.22. The third-order valence-corrected chi connectivity index (χ3v) is 1.87. The van der Waals surface area contributed by atoms with Gasteiger partial charge in [-0.3, -0.25) is 0 Å². The second kappa shape index (κ2) is 1.20. The molecule has 0 aromatic carbocycles. The van der Waals surface area contributed by atoms with Gasteiger partial charge >= 0.3 is 0 Å². The van der Waals surface area contributed by atoms with Crippen LogP contribution in [0.1, 0.15) is 6.42 Å². The number of hydrogen-bond donors (Lipinski definition) is 2. The Bertz CT molecular complexity index is 64.1. The Labute approximate surface area is 43.3 Å². The molecule has 2 bridgehead atoms. The zero-order valence-electron chi connectivity index (χ0n) is 4.28. The number of piperazine rings is 1. The highest BCUT2D eigenvalue weighted by Gasteiger charge is 2.29. The van der Waals surface area contributed by atoms with Crippen LogP contribution in [0.4, 0.5) is 0 Å². The molecule has 0 spiro atoms. The molecule has 0 aromatic rings. The van der Waals surface area contributed by atoms with Crippen molar-refractivity contribution in [3.63, 3.8) is 0 Å². The SMILES string of the molecule is C1N[C@@H]2CNC1C2. The summed E-state index contributed by atoms with van der Waals surface area (Å²) >= 11 is 0. The Kier molecular flexibility index (Phi) is 0.664. The highest BCUT2D eigenvalue weighted by Crippen LogP contribution is 2.11. The molecule has 2 nitrogen and oxygen atoms in total. The molecule has 2 rings (SSSR count). The van der Waals surface area contributed by atoms with E-state index in [0.717, 1.165) is 12.1 Å². The van der Waals surface area contributed by atoms with E-state index in [2.05, 4.69) is 10.6 Å². The fraction of sp³-hybridized carbons (Fsp3) is 1.00. The molecule has 0 aromatic heterocycles. The minimum Gasteiger partial charge on any atom is -0.311 e. The first-order valence-corrected chi connectivity index (χ1v) is 2.92. The predicted octanol–water partition coefficient (Wildman–Crippen LogP) is -0.680. The first-order valence-electron chi connectivity index (χ1n) is 2.92. The molecule has 0 amide bonds. The number of nitrogens with one attached hydrogen (secondary N) is 2. The molecule has 2 N–H and O–H groups in total. The van der Waals surface area contributed by atoms with Gasteiger partial charge in [0.25, 0.3) is 0 Å². The van der Waals surface area contributed by atoms with Crippen LogP contribution in [0.3, 0.4) is 0 Å². The maximum atomic E-state index is 3.39. The Morgan fingerprint density at radius 2 is 1.57 bits per heavy atom. The summed E-state index contributed by atoms with van der Waals surface area (Å²) in [6.45, 7) is 2.40. The Morgan fingerprint density at radius 1 is 1.00 bits per heavy atom. The fourth-order valence-corrected chi connectivity index (χ4v) is 1.44. The van der Waals surface area contributed by atoms with Crippen LogP contribution >= 0.6 is 0 Å². The van der Waals surface area contributed by atoms with E-state index < -0.39 is 0 Å². The van der Waals surface area contributed by atoms with Crippen molar-refractivity contribution < 1.29 is 0 Å². The summed E-state index contributed by atoms with van der Waals surface area (Å²) in [4.78, 5) is 0. The quantitative estimate of drug-likeness (QED) is 0.419. The molecule has 2 fully saturated rings. The predicted molar refractivity (Wildman–Crippen MR) is 28.2 cm³/mol. The van der Waals surface area contributed by atoms with Crippen LogP contribution in [-0.2, 0) is 0 Å². The van der Waals surface area contributed by atoms with Crippen LogP contribution < -0.4 is 10.6 Å². The summed E-state index contributed by atoms with van der Waals surface area (Å²) in [6.07, 6.45) is 1.36. The molecule has 0 saturated carbocycles. The van der Waals surface area contributed by atoms with E-state index in [4.69, 9.17) is 0 Å². The van der Waals surface area contributed by atoms with Gasteiger partial charge in [-0.1, -0.05) is 0 Å². The van der Waals surface area contributed by atoms with Crippen molar-refractivity contribution in [2.75, 3.05) is 13.1 Å². The van der Waals surface area contributed by atoms with Crippen LogP contribution in [0, 0.1) is 0 Å². The van der Waals surface area contributed by atoms with E-state index in [1.807, 2.05) is 0 Å². The molecule has 2 aliphatic rings. The van der Waals surface area contributed by atoms with Crippen molar-refractivity contribution >= 4 is 0 Å². The lowest BCUT2D eigenvalue weighted by Gasteiger charge is -2.10. The second-order valence-corrected chi connectivity index (χ2v) is 2.45. The molecule has 0 aliphatic carbocycles. The lowest BCUT2D eigenvalue weighted by Crippen LogP contribution is -2.39. The Morgan fingerprint density at radius 3 is 1.71 bits per heavy atom. The number of rotatable bonds is 0. The molecule has 1 unspecified atom stereocenters. The first-order chi connectivity index (χ1) is 3.45. The summed E-state index contributed by atoms with van der Waals surface area (Å²) in [5.74, 6) is 0.